The van der Waals surface area contributed by atoms with Crippen LogP contribution in [0.15, 0.2) is 109 Å². The van der Waals surface area contributed by atoms with Gasteiger partial charge in [0, 0.05) is 9.52 Å². The molecule has 0 spiro atoms. The van der Waals surface area contributed by atoms with Gasteiger partial charge in [-0.15, -0.1) is 0 Å². The van der Waals surface area contributed by atoms with E-state index in [9.17, 15) is 0 Å². The lowest BCUT2D eigenvalue weighted by Crippen LogP contribution is -2.60. The minimum atomic E-state index is -1.64. The van der Waals surface area contributed by atoms with Crippen LogP contribution in [-0.2, 0) is 21.5 Å². The van der Waals surface area contributed by atoms with Crippen LogP contribution in [0.5, 0.6) is 0 Å². The van der Waals surface area contributed by atoms with E-state index in [0.717, 1.165) is 0 Å². The molecule has 0 nitrogen and oxygen atoms in total. The van der Waals surface area contributed by atoms with E-state index in [1.54, 1.807) is 10.4 Å². The second-order valence-electron chi connectivity index (χ2n) is 12.9. The Balaban J connectivity index is 1.86. The fourth-order valence-corrected chi connectivity index (χ4v) is 13.8. The lowest BCUT2D eigenvalue weighted by Gasteiger charge is -2.39. The molecule has 0 fully saturated rings. The molecule has 0 heterocycles. The molecule has 0 aliphatic rings. The molecule has 0 bridgehead atoms. The van der Waals surface area contributed by atoms with Crippen molar-refractivity contribution in [3.8, 4) is 0 Å². The Kier molecular flexibility index (Phi) is 8.11. The monoisotopic (exact) mass is 520 g/mol. The molecule has 0 aliphatic carbocycles. The van der Waals surface area contributed by atoms with Crippen LogP contribution in [0.25, 0.3) is 0 Å². The smallest absolute Gasteiger partial charge is 0.0626 e. The van der Waals surface area contributed by atoms with Gasteiger partial charge in [-0.1, -0.05) is 174 Å². The summed E-state index contributed by atoms with van der Waals surface area (Å²) in [6.07, 6.45) is 0. The molecule has 0 radical (unpaired) electrons. The number of hydrogen-bond acceptors (Lipinski definition) is 0. The Bertz CT molecular complexity index is 1200. The van der Waals surface area contributed by atoms with Gasteiger partial charge in [0.2, 0.25) is 0 Å². The molecular weight excluding hydrogens is 477 g/mol. The third kappa shape index (κ3) is 6.42. The average molecular weight is 521 g/mol. The van der Waals surface area contributed by atoms with E-state index < -0.39 is 18.3 Å². The Morgan fingerprint density at radius 2 is 0.892 bits per heavy atom. The van der Waals surface area contributed by atoms with Gasteiger partial charge in [-0.05, 0) is 38.2 Å². The molecule has 4 aromatic carbocycles. The highest BCUT2D eigenvalue weighted by atomic mass is 28.3. The summed E-state index contributed by atoms with van der Waals surface area (Å²) in [6.45, 7) is 16.5. The van der Waals surface area contributed by atoms with Crippen LogP contribution >= 0.6 is 0 Å². The van der Waals surface area contributed by atoms with Crippen LogP contribution in [-0.4, -0.2) is 18.3 Å². The minimum Gasteiger partial charge on any atom is -0.0626 e. The summed E-state index contributed by atoms with van der Waals surface area (Å²) in [4.78, 5) is 0. The van der Waals surface area contributed by atoms with Crippen molar-refractivity contribution in [3.05, 3.63) is 131 Å². The standard InChI is InChI=1S/C35H44Si2/c1-33(2,3)28-18-22-31(23-19-28)37(32-24-20-29(21-25-32)34(4,5)6)35(7,30-16-12-9-13-17-30)36-26-27-14-10-8-11-15-27/h8-25,37H,26,36H2,1-7H3. The molecule has 0 amide bonds. The van der Waals surface area contributed by atoms with E-state index in [2.05, 4.69) is 158 Å². The van der Waals surface area contributed by atoms with Gasteiger partial charge in [-0.25, -0.2) is 0 Å². The van der Waals surface area contributed by atoms with Crippen LogP contribution in [0.3, 0.4) is 0 Å². The fraction of sp³-hybridized carbons (Fsp3) is 0.314. The minimum absolute atomic E-state index is 0.161. The molecule has 1 unspecified atom stereocenters. The van der Waals surface area contributed by atoms with Crippen LogP contribution < -0.4 is 10.4 Å². The first-order valence-electron chi connectivity index (χ1n) is 13.8. The maximum Gasteiger partial charge on any atom is 0.109 e. The molecule has 0 saturated carbocycles. The summed E-state index contributed by atoms with van der Waals surface area (Å²) in [5.41, 5.74) is 6.15. The molecule has 4 aromatic rings. The maximum atomic E-state index is 2.60. The highest BCUT2D eigenvalue weighted by molar-refractivity contribution is 6.93. The van der Waals surface area contributed by atoms with Crippen LogP contribution in [0.1, 0.15) is 70.7 Å². The van der Waals surface area contributed by atoms with Gasteiger partial charge in [0.25, 0.3) is 0 Å². The SMILES string of the molecule is CC(C)(C)c1ccc([SiH](c2ccc(C(C)(C)C)cc2)C(C)([SiH2]Cc2ccccc2)c2ccccc2)cc1. The number of benzene rings is 4. The van der Waals surface area contributed by atoms with E-state index >= 15 is 0 Å². The lowest BCUT2D eigenvalue weighted by molar-refractivity contribution is 0.590. The molecule has 192 valence electrons. The van der Waals surface area contributed by atoms with Gasteiger partial charge in [-0.3, -0.25) is 0 Å². The molecular formula is C35H44Si2. The first kappa shape index (κ1) is 27.4. The fourth-order valence-electron chi connectivity index (χ4n) is 5.60. The summed E-state index contributed by atoms with van der Waals surface area (Å²) >= 11 is 0. The van der Waals surface area contributed by atoms with E-state index in [1.165, 1.54) is 28.3 Å². The molecule has 0 aliphatic heterocycles. The molecule has 0 N–H and O–H groups in total. The first-order valence-corrected chi connectivity index (χ1v) is 17.2. The normalized spacial score (nSPS) is 14.3. The summed E-state index contributed by atoms with van der Waals surface area (Å²) in [5.74, 6) is 0. The van der Waals surface area contributed by atoms with E-state index in [4.69, 9.17) is 0 Å². The Morgan fingerprint density at radius 1 is 0.486 bits per heavy atom. The third-order valence-electron chi connectivity index (χ3n) is 8.07. The van der Waals surface area contributed by atoms with Crippen LogP contribution in [0.2, 0.25) is 0 Å². The number of rotatable bonds is 7. The quantitative estimate of drug-likeness (QED) is 0.246. The van der Waals surface area contributed by atoms with Crippen molar-refractivity contribution in [2.75, 3.05) is 0 Å². The molecule has 2 heteroatoms. The lowest BCUT2D eigenvalue weighted by atomic mass is 9.87. The zero-order chi connectivity index (χ0) is 26.7. The van der Waals surface area contributed by atoms with Gasteiger partial charge in [-0.2, -0.15) is 0 Å². The van der Waals surface area contributed by atoms with Gasteiger partial charge < -0.3 is 0 Å². The first-order chi connectivity index (χ1) is 17.5. The summed E-state index contributed by atoms with van der Waals surface area (Å²) < 4.78 is 0.198. The Hall–Kier alpha value is -2.69. The largest absolute Gasteiger partial charge is 0.109 e. The highest BCUT2D eigenvalue weighted by Gasteiger charge is 2.39. The predicted octanol–water partition coefficient (Wildman–Crippen LogP) is 6.45. The average Bonchev–Trinajstić information content (AvgIpc) is 2.88. The van der Waals surface area contributed by atoms with Gasteiger partial charge >= 0.3 is 0 Å². The van der Waals surface area contributed by atoms with Gasteiger partial charge in [0.05, 0.1) is 0 Å². The zero-order valence-electron chi connectivity index (χ0n) is 23.9. The maximum absolute atomic E-state index is 2.60. The van der Waals surface area contributed by atoms with Crippen LogP contribution in [0, 0.1) is 0 Å². The Morgan fingerprint density at radius 3 is 1.30 bits per heavy atom. The van der Waals surface area contributed by atoms with Crippen molar-refractivity contribution < 1.29 is 0 Å². The number of hydrogen-bond donors (Lipinski definition) is 0. The van der Waals surface area contributed by atoms with Crippen molar-refractivity contribution >= 4 is 28.7 Å². The van der Waals surface area contributed by atoms with E-state index in [-0.39, 0.29) is 15.5 Å². The van der Waals surface area contributed by atoms with Crippen LogP contribution in [0.4, 0.5) is 0 Å². The molecule has 0 aromatic heterocycles. The third-order valence-corrected chi connectivity index (χ3v) is 16.1. The molecule has 4 rings (SSSR count). The second-order valence-corrected chi connectivity index (χ2v) is 19.7. The van der Waals surface area contributed by atoms with E-state index in [0.29, 0.717) is 0 Å². The summed E-state index contributed by atoms with van der Waals surface area (Å²) in [7, 11) is -2.15. The van der Waals surface area contributed by atoms with Gasteiger partial charge in [0.1, 0.15) is 8.80 Å². The highest BCUT2D eigenvalue weighted by Crippen LogP contribution is 2.29. The van der Waals surface area contributed by atoms with E-state index in [1.807, 2.05) is 0 Å². The zero-order valence-corrected chi connectivity index (χ0v) is 26.5. The predicted molar refractivity (Wildman–Crippen MR) is 169 cm³/mol. The van der Waals surface area contributed by atoms with Crippen molar-refractivity contribution in [2.24, 2.45) is 0 Å². The Labute approximate surface area is 229 Å². The molecule has 37 heavy (non-hydrogen) atoms. The van der Waals surface area contributed by atoms with Crippen molar-refractivity contribution in [1.82, 2.24) is 0 Å². The van der Waals surface area contributed by atoms with Crippen molar-refractivity contribution in [3.63, 3.8) is 0 Å². The second kappa shape index (κ2) is 11.0. The summed E-state index contributed by atoms with van der Waals surface area (Å²) in [5, 5.41) is 3.12. The summed E-state index contributed by atoms with van der Waals surface area (Å²) in [6, 6.07) is 43.2. The van der Waals surface area contributed by atoms with Gasteiger partial charge in [0.15, 0.2) is 0 Å². The molecule has 1 atom stereocenters. The molecule has 0 saturated heterocycles. The van der Waals surface area contributed by atoms with Crippen molar-refractivity contribution in [1.29, 1.82) is 0 Å². The van der Waals surface area contributed by atoms with Crippen molar-refractivity contribution in [2.45, 2.75) is 70.0 Å². The topological polar surface area (TPSA) is 0 Å².